The first-order chi connectivity index (χ1) is 8.66. The van der Waals surface area contributed by atoms with Crippen molar-refractivity contribution in [2.24, 2.45) is 13.0 Å². The highest BCUT2D eigenvalue weighted by molar-refractivity contribution is 5.60. The molecule has 0 spiro atoms. The second kappa shape index (κ2) is 5.78. The number of hydrogen-bond acceptors (Lipinski definition) is 3. The van der Waals surface area contributed by atoms with Gasteiger partial charge >= 0.3 is 0 Å². The Morgan fingerprint density at radius 2 is 1.89 bits per heavy atom. The molecule has 1 aromatic heterocycles. The summed E-state index contributed by atoms with van der Waals surface area (Å²) in [6, 6.07) is 10.2. The second-order valence-electron chi connectivity index (χ2n) is 4.88. The van der Waals surface area contributed by atoms with Gasteiger partial charge < -0.3 is 5.32 Å². The van der Waals surface area contributed by atoms with E-state index in [0.29, 0.717) is 5.92 Å². The van der Waals surface area contributed by atoms with Crippen molar-refractivity contribution in [2.45, 2.75) is 20.4 Å². The first-order valence-corrected chi connectivity index (χ1v) is 6.33. The summed E-state index contributed by atoms with van der Waals surface area (Å²) in [5.74, 6) is 0.641. The highest BCUT2D eigenvalue weighted by Gasteiger charge is 2.11. The largest absolute Gasteiger partial charge is 0.311 e. The fraction of sp³-hybridized carbons (Fsp3) is 0.429. The van der Waals surface area contributed by atoms with Gasteiger partial charge in [0.1, 0.15) is 11.4 Å². The Hall–Kier alpha value is -1.68. The number of aryl methyl sites for hydroxylation is 1. The van der Waals surface area contributed by atoms with Gasteiger partial charge in [-0.25, -0.2) is 0 Å². The van der Waals surface area contributed by atoms with Gasteiger partial charge in [0.25, 0.3) is 0 Å². The molecule has 4 nitrogen and oxygen atoms in total. The molecule has 2 aromatic rings. The van der Waals surface area contributed by atoms with Crippen LogP contribution >= 0.6 is 0 Å². The quantitative estimate of drug-likeness (QED) is 0.877. The van der Waals surface area contributed by atoms with Crippen LogP contribution in [0.3, 0.4) is 0 Å². The predicted molar refractivity (Wildman–Crippen MR) is 73.0 cm³/mol. The summed E-state index contributed by atoms with van der Waals surface area (Å²) < 4.78 is 0. The van der Waals surface area contributed by atoms with E-state index < -0.39 is 0 Å². The first-order valence-electron chi connectivity index (χ1n) is 6.33. The summed E-state index contributed by atoms with van der Waals surface area (Å²) in [4.78, 5) is 1.63. The van der Waals surface area contributed by atoms with E-state index in [2.05, 4.69) is 41.5 Å². The molecule has 1 aromatic carbocycles. The van der Waals surface area contributed by atoms with Gasteiger partial charge in [0.2, 0.25) is 0 Å². The van der Waals surface area contributed by atoms with E-state index in [0.717, 1.165) is 30.0 Å². The molecule has 0 bridgehead atoms. The first kappa shape index (κ1) is 12.8. The van der Waals surface area contributed by atoms with E-state index in [9.17, 15) is 0 Å². The third kappa shape index (κ3) is 3.17. The van der Waals surface area contributed by atoms with E-state index in [4.69, 9.17) is 0 Å². The standard InChI is InChI=1S/C14H20N4/c1-11(2)9-15-10-13-14(17-18(3)16-13)12-7-5-4-6-8-12/h4-8,11,15H,9-10H2,1-3H3. The molecule has 0 aliphatic heterocycles. The van der Waals surface area contributed by atoms with Gasteiger partial charge in [-0.05, 0) is 12.5 Å². The molecular formula is C14H20N4. The van der Waals surface area contributed by atoms with Crippen LogP contribution in [0.1, 0.15) is 19.5 Å². The maximum Gasteiger partial charge on any atom is 0.117 e. The lowest BCUT2D eigenvalue weighted by Gasteiger charge is -2.06. The third-order valence-corrected chi connectivity index (χ3v) is 2.68. The predicted octanol–water partition coefficient (Wildman–Crippen LogP) is 2.23. The van der Waals surface area contributed by atoms with Crippen LogP contribution in [0.2, 0.25) is 0 Å². The molecule has 2 rings (SSSR count). The van der Waals surface area contributed by atoms with Crippen LogP contribution in [-0.4, -0.2) is 21.5 Å². The summed E-state index contributed by atoms with van der Waals surface area (Å²) in [5.41, 5.74) is 3.09. The summed E-state index contributed by atoms with van der Waals surface area (Å²) >= 11 is 0. The highest BCUT2D eigenvalue weighted by atomic mass is 15.5. The lowest BCUT2D eigenvalue weighted by Crippen LogP contribution is -2.19. The Bertz CT molecular complexity index is 488. The van der Waals surface area contributed by atoms with Crippen LogP contribution in [-0.2, 0) is 13.6 Å². The summed E-state index contributed by atoms with van der Waals surface area (Å²) in [7, 11) is 1.86. The zero-order valence-corrected chi connectivity index (χ0v) is 11.2. The number of aromatic nitrogens is 3. The van der Waals surface area contributed by atoms with E-state index in [1.807, 2.05) is 25.2 Å². The van der Waals surface area contributed by atoms with E-state index in [-0.39, 0.29) is 0 Å². The van der Waals surface area contributed by atoms with E-state index >= 15 is 0 Å². The molecule has 1 N–H and O–H groups in total. The van der Waals surface area contributed by atoms with Crippen LogP contribution in [0.25, 0.3) is 11.3 Å². The Morgan fingerprint density at radius 1 is 1.17 bits per heavy atom. The topological polar surface area (TPSA) is 42.7 Å². The molecule has 0 radical (unpaired) electrons. The fourth-order valence-corrected chi connectivity index (χ4v) is 1.87. The van der Waals surface area contributed by atoms with Gasteiger partial charge in [0.05, 0.1) is 0 Å². The number of rotatable bonds is 5. The molecule has 18 heavy (non-hydrogen) atoms. The SMILES string of the molecule is CC(C)CNCc1nn(C)nc1-c1ccccc1. The molecule has 0 fully saturated rings. The van der Waals surface area contributed by atoms with E-state index in [1.54, 1.807) is 4.80 Å². The van der Waals surface area contributed by atoms with Gasteiger partial charge in [0, 0.05) is 19.2 Å². The third-order valence-electron chi connectivity index (χ3n) is 2.68. The van der Waals surface area contributed by atoms with Crippen LogP contribution in [0.4, 0.5) is 0 Å². The Kier molecular flexibility index (Phi) is 4.10. The Balaban J connectivity index is 2.16. The van der Waals surface area contributed by atoms with Crippen molar-refractivity contribution >= 4 is 0 Å². The molecule has 0 unspecified atom stereocenters. The molecule has 1 heterocycles. The van der Waals surface area contributed by atoms with Crippen LogP contribution in [0.5, 0.6) is 0 Å². The fourth-order valence-electron chi connectivity index (χ4n) is 1.87. The van der Waals surface area contributed by atoms with Crippen molar-refractivity contribution < 1.29 is 0 Å². The van der Waals surface area contributed by atoms with Crippen molar-refractivity contribution in [3.63, 3.8) is 0 Å². The van der Waals surface area contributed by atoms with Gasteiger partial charge in [-0.2, -0.15) is 15.0 Å². The minimum Gasteiger partial charge on any atom is -0.311 e. The molecule has 0 atom stereocenters. The van der Waals surface area contributed by atoms with Crippen molar-refractivity contribution in [3.05, 3.63) is 36.0 Å². The van der Waals surface area contributed by atoms with Gasteiger partial charge in [-0.15, -0.1) is 0 Å². The molecule has 0 saturated heterocycles. The molecular weight excluding hydrogens is 224 g/mol. The monoisotopic (exact) mass is 244 g/mol. The molecule has 0 aliphatic carbocycles. The van der Waals surface area contributed by atoms with Crippen LogP contribution in [0, 0.1) is 5.92 Å². The van der Waals surface area contributed by atoms with Crippen molar-refractivity contribution in [1.29, 1.82) is 0 Å². The average Bonchev–Trinajstić information content (AvgIpc) is 2.71. The number of nitrogens with one attached hydrogen (secondary N) is 1. The molecule has 96 valence electrons. The molecule has 0 aliphatic rings. The van der Waals surface area contributed by atoms with Crippen LogP contribution in [0.15, 0.2) is 30.3 Å². The summed E-state index contributed by atoms with van der Waals surface area (Å²) in [6.45, 7) is 6.14. The lowest BCUT2D eigenvalue weighted by atomic mass is 10.1. The molecule has 0 amide bonds. The van der Waals surface area contributed by atoms with Gasteiger partial charge in [0.15, 0.2) is 0 Å². The smallest absolute Gasteiger partial charge is 0.117 e. The lowest BCUT2D eigenvalue weighted by molar-refractivity contribution is 0.543. The van der Waals surface area contributed by atoms with Crippen molar-refractivity contribution in [1.82, 2.24) is 20.3 Å². The second-order valence-corrected chi connectivity index (χ2v) is 4.88. The summed E-state index contributed by atoms with van der Waals surface area (Å²) in [5, 5.41) is 12.3. The maximum atomic E-state index is 4.44. The number of hydrogen-bond donors (Lipinski definition) is 1. The van der Waals surface area contributed by atoms with E-state index in [1.165, 1.54) is 0 Å². The van der Waals surface area contributed by atoms with Crippen molar-refractivity contribution in [3.8, 4) is 11.3 Å². The minimum absolute atomic E-state index is 0.641. The van der Waals surface area contributed by atoms with Crippen molar-refractivity contribution in [2.75, 3.05) is 6.54 Å². The zero-order chi connectivity index (χ0) is 13.0. The van der Waals surface area contributed by atoms with Gasteiger partial charge in [-0.3, -0.25) is 0 Å². The summed E-state index contributed by atoms with van der Waals surface area (Å²) in [6.07, 6.45) is 0. The van der Waals surface area contributed by atoms with Gasteiger partial charge in [-0.1, -0.05) is 44.2 Å². The minimum atomic E-state index is 0.641. The normalized spacial score (nSPS) is 11.1. The molecule has 4 heteroatoms. The highest BCUT2D eigenvalue weighted by Crippen LogP contribution is 2.19. The Labute approximate surface area is 108 Å². The van der Waals surface area contributed by atoms with Crippen LogP contribution < -0.4 is 5.32 Å². The number of benzene rings is 1. The zero-order valence-electron chi connectivity index (χ0n) is 11.2. The Morgan fingerprint density at radius 3 is 2.56 bits per heavy atom. The maximum absolute atomic E-state index is 4.44. The molecule has 0 saturated carbocycles. The number of nitrogens with zero attached hydrogens (tertiary/aromatic N) is 3. The average molecular weight is 244 g/mol.